The lowest BCUT2D eigenvalue weighted by atomic mass is 10.0. The summed E-state index contributed by atoms with van der Waals surface area (Å²) in [5.41, 5.74) is 0. The molecule has 1 saturated heterocycles. The Hall–Kier alpha value is -0.610. The molecule has 1 amide bonds. The maximum absolute atomic E-state index is 12.0. The molecule has 0 unspecified atom stereocenters. The van der Waals surface area contributed by atoms with E-state index in [1.165, 1.54) is 0 Å². The Kier molecular flexibility index (Phi) is 6.42. The highest BCUT2D eigenvalue weighted by atomic mass is 16.3. The molecular weight excluding hydrogens is 204 g/mol. The third-order valence-corrected chi connectivity index (χ3v) is 3.21. The molecule has 0 spiro atoms. The van der Waals surface area contributed by atoms with Gasteiger partial charge in [-0.3, -0.25) is 4.79 Å². The van der Waals surface area contributed by atoms with Gasteiger partial charge in [0.1, 0.15) is 0 Å². The third kappa shape index (κ3) is 4.10. The molecule has 1 heterocycles. The number of hydrogen-bond acceptors (Lipinski definition) is 3. The van der Waals surface area contributed by atoms with E-state index in [4.69, 9.17) is 5.11 Å². The monoisotopic (exact) mass is 228 g/mol. The SMILES string of the molecule is CCN(C(=O)CCCCO)C1CCNCC1. The molecule has 0 aromatic heterocycles. The Morgan fingerprint density at radius 1 is 1.38 bits per heavy atom. The molecule has 0 bridgehead atoms. The number of hydrogen-bond donors (Lipinski definition) is 2. The highest BCUT2D eigenvalue weighted by molar-refractivity contribution is 5.76. The summed E-state index contributed by atoms with van der Waals surface area (Å²) in [6, 6.07) is 0.424. The molecule has 1 aliphatic rings. The molecule has 4 heteroatoms. The fraction of sp³-hybridized carbons (Fsp3) is 0.917. The van der Waals surface area contributed by atoms with E-state index in [1.54, 1.807) is 0 Å². The minimum absolute atomic E-state index is 0.187. The zero-order valence-electron chi connectivity index (χ0n) is 10.2. The molecule has 0 aromatic rings. The normalized spacial score (nSPS) is 17.4. The second-order valence-corrected chi connectivity index (χ2v) is 4.34. The minimum atomic E-state index is 0.187. The fourth-order valence-corrected chi connectivity index (χ4v) is 2.29. The van der Waals surface area contributed by atoms with Crippen molar-refractivity contribution in [3.05, 3.63) is 0 Å². The molecular formula is C12H24N2O2. The van der Waals surface area contributed by atoms with Gasteiger partial charge >= 0.3 is 0 Å². The quantitative estimate of drug-likeness (QED) is 0.660. The van der Waals surface area contributed by atoms with Gasteiger partial charge in [-0.2, -0.15) is 0 Å². The second-order valence-electron chi connectivity index (χ2n) is 4.34. The summed E-state index contributed by atoms with van der Waals surface area (Å²) >= 11 is 0. The van der Waals surface area contributed by atoms with Crippen molar-refractivity contribution in [2.24, 2.45) is 0 Å². The summed E-state index contributed by atoms with van der Waals surface area (Å²) < 4.78 is 0. The molecule has 0 atom stereocenters. The zero-order chi connectivity index (χ0) is 11.8. The van der Waals surface area contributed by atoms with Crippen LogP contribution in [0.25, 0.3) is 0 Å². The Bertz CT molecular complexity index is 203. The van der Waals surface area contributed by atoms with Crippen LogP contribution in [0.5, 0.6) is 0 Å². The molecule has 0 aromatic carbocycles. The van der Waals surface area contributed by atoms with E-state index in [9.17, 15) is 4.79 Å². The van der Waals surface area contributed by atoms with Gasteiger partial charge in [-0.25, -0.2) is 0 Å². The highest BCUT2D eigenvalue weighted by Gasteiger charge is 2.23. The molecule has 0 saturated carbocycles. The highest BCUT2D eigenvalue weighted by Crippen LogP contribution is 2.13. The predicted molar refractivity (Wildman–Crippen MR) is 64.2 cm³/mol. The number of nitrogens with one attached hydrogen (secondary N) is 1. The lowest BCUT2D eigenvalue weighted by Crippen LogP contribution is -2.46. The van der Waals surface area contributed by atoms with Crippen molar-refractivity contribution in [1.29, 1.82) is 0 Å². The maximum atomic E-state index is 12.0. The van der Waals surface area contributed by atoms with E-state index in [0.29, 0.717) is 12.5 Å². The van der Waals surface area contributed by atoms with E-state index in [0.717, 1.165) is 45.3 Å². The number of aliphatic hydroxyl groups is 1. The van der Waals surface area contributed by atoms with Crippen molar-refractivity contribution < 1.29 is 9.90 Å². The van der Waals surface area contributed by atoms with Crippen LogP contribution in [0, 0.1) is 0 Å². The van der Waals surface area contributed by atoms with Gasteiger partial charge in [0, 0.05) is 25.6 Å². The van der Waals surface area contributed by atoms with Gasteiger partial charge in [0.05, 0.1) is 0 Å². The second kappa shape index (κ2) is 7.63. The van der Waals surface area contributed by atoms with Crippen LogP contribution in [-0.4, -0.2) is 48.2 Å². The van der Waals surface area contributed by atoms with Crippen LogP contribution in [0.15, 0.2) is 0 Å². The first-order valence-electron chi connectivity index (χ1n) is 6.40. The van der Waals surface area contributed by atoms with Crippen molar-refractivity contribution in [1.82, 2.24) is 10.2 Å². The van der Waals surface area contributed by atoms with E-state index >= 15 is 0 Å². The number of aliphatic hydroxyl groups excluding tert-OH is 1. The molecule has 1 rings (SSSR count). The number of piperidine rings is 1. The van der Waals surface area contributed by atoms with Crippen molar-refractivity contribution >= 4 is 5.91 Å². The third-order valence-electron chi connectivity index (χ3n) is 3.21. The van der Waals surface area contributed by atoms with E-state index in [2.05, 4.69) is 5.32 Å². The standard InChI is InChI=1S/C12H24N2O2/c1-2-14(11-6-8-13-9-7-11)12(16)5-3-4-10-15/h11,13,15H,2-10H2,1H3. The topological polar surface area (TPSA) is 52.6 Å². The molecule has 4 nitrogen and oxygen atoms in total. The number of carbonyl (C=O) groups excluding carboxylic acids is 1. The number of carbonyl (C=O) groups is 1. The molecule has 0 radical (unpaired) electrons. The summed E-state index contributed by atoms with van der Waals surface area (Å²) in [6.45, 7) is 5.08. The van der Waals surface area contributed by atoms with Crippen molar-refractivity contribution in [3.63, 3.8) is 0 Å². The van der Waals surface area contributed by atoms with Gasteiger partial charge in [0.15, 0.2) is 0 Å². The summed E-state index contributed by atoms with van der Waals surface area (Å²) in [5.74, 6) is 0.253. The van der Waals surface area contributed by atoms with E-state index < -0.39 is 0 Å². The van der Waals surface area contributed by atoms with Gasteiger partial charge in [-0.05, 0) is 45.7 Å². The van der Waals surface area contributed by atoms with Crippen molar-refractivity contribution in [3.8, 4) is 0 Å². The Morgan fingerprint density at radius 2 is 2.06 bits per heavy atom. The predicted octanol–water partition coefficient (Wildman–Crippen LogP) is 0.749. The van der Waals surface area contributed by atoms with E-state index in [1.807, 2.05) is 11.8 Å². The zero-order valence-corrected chi connectivity index (χ0v) is 10.2. The lowest BCUT2D eigenvalue weighted by molar-refractivity contribution is -0.134. The molecule has 1 aliphatic heterocycles. The van der Waals surface area contributed by atoms with Crippen LogP contribution >= 0.6 is 0 Å². The summed E-state index contributed by atoms with van der Waals surface area (Å²) in [7, 11) is 0. The van der Waals surface area contributed by atoms with Gasteiger partial charge in [-0.1, -0.05) is 0 Å². The fourth-order valence-electron chi connectivity index (χ4n) is 2.29. The maximum Gasteiger partial charge on any atom is 0.222 e. The number of unbranched alkanes of at least 4 members (excludes halogenated alkanes) is 1. The van der Waals surface area contributed by atoms with Gasteiger partial charge < -0.3 is 15.3 Å². The average molecular weight is 228 g/mol. The van der Waals surface area contributed by atoms with Crippen molar-refractivity contribution in [2.45, 2.75) is 45.1 Å². The Balaban J connectivity index is 2.35. The first kappa shape index (κ1) is 13.5. The Morgan fingerprint density at radius 3 is 2.62 bits per heavy atom. The molecule has 16 heavy (non-hydrogen) atoms. The smallest absolute Gasteiger partial charge is 0.222 e. The first-order valence-corrected chi connectivity index (χ1v) is 6.40. The lowest BCUT2D eigenvalue weighted by Gasteiger charge is -2.34. The van der Waals surface area contributed by atoms with Crippen molar-refractivity contribution in [2.75, 3.05) is 26.2 Å². The van der Waals surface area contributed by atoms with Gasteiger partial charge in [-0.15, -0.1) is 0 Å². The average Bonchev–Trinajstić information content (AvgIpc) is 2.32. The molecule has 0 aliphatic carbocycles. The van der Waals surface area contributed by atoms with Crippen LogP contribution in [0.2, 0.25) is 0 Å². The Labute approximate surface area is 98.0 Å². The summed E-state index contributed by atoms with van der Waals surface area (Å²) in [5, 5.41) is 12.0. The summed E-state index contributed by atoms with van der Waals surface area (Å²) in [6.07, 6.45) is 4.25. The van der Waals surface area contributed by atoms with Crippen LogP contribution in [-0.2, 0) is 4.79 Å². The molecule has 2 N–H and O–H groups in total. The molecule has 94 valence electrons. The van der Waals surface area contributed by atoms with Crippen LogP contribution in [0.3, 0.4) is 0 Å². The summed E-state index contributed by atoms with van der Waals surface area (Å²) in [4.78, 5) is 14.0. The largest absolute Gasteiger partial charge is 0.396 e. The number of nitrogens with zero attached hydrogens (tertiary/aromatic N) is 1. The van der Waals surface area contributed by atoms with Crippen LogP contribution < -0.4 is 5.32 Å². The van der Waals surface area contributed by atoms with Crippen LogP contribution in [0.1, 0.15) is 39.0 Å². The van der Waals surface area contributed by atoms with Gasteiger partial charge in [0.25, 0.3) is 0 Å². The van der Waals surface area contributed by atoms with E-state index in [-0.39, 0.29) is 12.5 Å². The number of rotatable bonds is 6. The number of amides is 1. The van der Waals surface area contributed by atoms with Crippen LogP contribution in [0.4, 0.5) is 0 Å². The molecule has 1 fully saturated rings. The van der Waals surface area contributed by atoms with Gasteiger partial charge in [0.2, 0.25) is 5.91 Å². The minimum Gasteiger partial charge on any atom is -0.396 e. The first-order chi connectivity index (χ1) is 7.79.